The number of anilines is 1. The average molecular weight is 415 g/mol. The number of benzene rings is 2. The van der Waals surface area contributed by atoms with E-state index in [1.165, 1.54) is 4.90 Å². The highest BCUT2D eigenvalue weighted by molar-refractivity contribution is 5.99. The van der Waals surface area contributed by atoms with Crippen molar-refractivity contribution in [3.8, 4) is 17.2 Å². The smallest absolute Gasteiger partial charge is 0.254 e. The van der Waals surface area contributed by atoms with Gasteiger partial charge in [0.25, 0.3) is 5.91 Å². The van der Waals surface area contributed by atoms with E-state index in [9.17, 15) is 9.59 Å². The second-order valence-electron chi connectivity index (χ2n) is 6.54. The van der Waals surface area contributed by atoms with E-state index in [0.717, 1.165) is 6.42 Å². The molecule has 0 unspecified atom stereocenters. The normalized spacial score (nSPS) is 10.3. The molecule has 2 aromatic carbocycles. The minimum absolute atomic E-state index is 0.0649. The van der Waals surface area contributed by atoms with Gasteiger partial charge in [0, 0.05) is 23.9 Å². The van der Waals surface area contributed by atoms with Gasteiger partial charge in [0.2, 0.25) is 5.91 Å². The number of nitrogens with zero attached hydrogens (tertiary/aromatic N) is 1. The van der Waals surface area contributed by atoms with E-state index < -0.39 is 0 Å². The fraction of sp³-hybridized carbons (Fsp3) is 0.391. The first kappa shape index (κ1) is 23.1. The van der Waals surface area contributed by atoms with Gasteiger partial charge in [-0.25, -0.2) is 0 Å². The average Bonchev–Trinajstić information content (AvgIpc) is 2.76. The largest absolute Gasteiger partial charge is 0.497 e. The Hall–Kier alpha value is -3.22. The molecule has 7 nitrogen and oxygen atoms in total. The van der Waals surface area contributed by atoms with Crippen LogP contribution in [0.1, 0.15) is 37.6 Å². The van der Waals surface area contributed by atoms with E-state index in [4.69, 9.17) is 14.2 Å². The molecule has 0 aliphatic heterocycles. The van der Waals surface area contributed by atoms with Gasteiger partial charge < -0.3 is 24.4 Å². The monoisotopic (exact) mass is 414 g/mol. The Kier molecular flexibility index (Phi) is 9.00. The predicted octanol–water partition coefficient (Wildman–Crippen LogP) is 3.98. The molecule has 0 aromatic heterocycles. The predicted molar refractivity (Wildman–Crippen MR) is 117 cm³/mol. The SMILES string of the molecule is CCCOc1ccc(C(=O)N(CC)CC(=O)Nc2cccc(OC)c2)cc1OCC. The summed E-state index contributed by atoms with van der Waals surface area (Å²) in [5, 5.41) is 2.79. The number of hydrogen-bond acceptors (Lipinski definition) is 5. The van der Waals surface area contributed by atoms with Crippen LogP contribution in [0.2, 0.25) is 0 Å². The zero-order valence-electron chi connectivity index (χ0n) is 18.1. The van der Waals surface area contributed by atoms with Gasteiger partial charge in [0.1, 0.15) is 12.3 Å². The Bertz CT molecular complexity index is 853. The van der Waals surface area contributed by atoms with Crippen molar-refractivity contribution in [1.82, 2.24) is 4.90 Å². The van der Waals surface area contributed by atoms with E-state index in [2.05, 4.69) is 5.32 Å². The molecule has 2 amide bonds. The highest BCUT2D eigenvalue weighted by Gasteiger charge is 2.19. The van der Waals surface area contributed by atoms with Crippen LogP contribution in [0.4, 0.5) is 5.69 Å². The van der Waals surface area contributed by atoms with Crippen molar-refractivity contribution in [2.75, 3.05) is 38.7 Å². The first-order valence-electron chi connectivity index (χ1n) is 10.1. The van der Waals surface area contributed by atoms with E-state index in [-0.39, 0.29) is 18.4 Å². The molecule has 0 aliphatic carbocycles. The molecule has 0 saturated carbocycles. The molecule has 0 fully saturated rings. The Morgan fingerprint density at radius 1 is 1.00 bits per heavy atom. The summed E-state index contributed by atoms with van der Waals surface area (Å²) in [6.07, 6.45) is 0.873. The van der Waals surface area contributed by atoms with Gasteiger partial charge in [-0.2, -0.15) is 0 Å². The van der Waals surface area contributed by atoms with Crippen molar-refractivity contribution in [3.05, 3.63) is 48.0 Å². The van der Waals surface area contributed by atoms with Crippen LogP contribution in [-0.4, -0.2) is 50.1 Å². The van der Waals surface area contributed by atoms with Crippen LogP contribution in [-0.2, 0) is 4.79 Å². The second kappa shape index (κ2) is 11.7. The summed E-state index contributed by atoms with van der Waals surface area (Å²) in [4.78, 5) is 26.9. The first-order chi connectivity index (χ1) is 14.5. The van der Waals surface area contributed by atoms with Crippen LogP contribution in [0.5, 0.6) is 17.2 Å². The van der Waals surface area contributed by atoms with Crippen molar-refractivity contribution in [3.63, 3.8) is 0 Å². The highest BCUT2D eigenvalue weighted by Crippen LogP contribution is 2.29. The first-order valence-corrected chi connectivity index (χ1v) is 10.1. The van der Waals surface area contributed by atoms with Crippen LogP contribution < -0.4 is 19.5 Å². The zero-order valence-corrected chi connectivity index (χ0v) is 18.1. The number of amides is 2. The van der Waals surface area contributed by atoms with Crippen molar-refractivity contribution in [1.29, 1.82) is 0 Å². The third-order valence-corrected chi connectivity index (χ3v) is 4.31. The second-order valence-corrected chi connectivity index (χ2v) is 6.54. The summed E-state index contributed by atoms with van der Waals surface area (Å²) in [5.74, 6) is 1.24. The van der Waals surface area contributed by atoms with Crippen LogP contribution >= 0.6 is 0 Å². The molecule has 1 N–H and O–H groups in total. The Morgan fingerprint density at radius 3 is 2.47 bits per heavy atom. The molecular weight excluding hydrogens is 384 g/mol. The lowest BCUT2D eigenvalue weighted by atomic mass is 10.1. The third-order valence-electron chi connectivity index (χ3n) is 4.31. The maximum Gasteiger partial charge on any atom is 0.254 e. The number of ether oxygens (including phenoxy) is 3. The summed E-state index contributed by atoms with van der Waals surface area (Å²) in [6.45, 7) is 7.08. The van der Waals surface area contributed by atoms with Crippen molar-refractivity contribution < 1.29 is 23.8 Å². The quantitative estimate of drug-likeness (QED) is 0.602. The van der Waals surface area contributed by atoms with Gasteiger partial charge in [-0.1, -0.05) is 13.0 Å². The molecule has 0 radical (unpaired) electrons. The van der Waals surface area contributed by atoms with E-state index in [1.54, 1.807) is 49.6 Å². The number of rotatable bonds is 11. The fourth-order valence-electron chi connectivity index (χ4n) is 2.83. The molecule has 30 heavy (non-hydrogen) atoms. The van der Waals surface area contributed by atoms with Gasteiger partial charge in [-0.15, -0.1) is 0 Å². The van der Waals surface area contributed by atoms with Crippen molar-refractivity contribution >= 4 is 17.5 Å². The lowest BCUT2D eigenvalue weighted by Crippen LogP contribution is -2.37. The van der Waals surface area contributed by atoms with Crippen LogP contribution in [0.3, 0.4) is 0 Å². The van der Waals surface area contributed by atoms with Gasteiger partial charge in [-0.3, -0.25) is 9.59 Å². The van der Waals surface area contributed by atoms with Crippen LogP contribution in [0, 0.1) is 0 Å². The zero-order chi connectivity index (χ0) is 21.9. The molecule has 0 aliphatic rings. The minimum atomic E-state index is -0.286. The summed E-state index contributed by atoms with van der Waals surface area (Å²) >= 11 is 0. The number of hydrogen-bond donors (Lipinski definition) is 1. The summed E-state index contributed by atoms with van der Waals surface area (Å²) in [7, 11) is 1.56. The number of carbonyl (C=O) groups is 2. The summed E-state index contributed by atoms with van der Waals surface area (Å²) in [6, 6.07) is 12.2. The molecule has 7 heteroatoms. The highest BCUT2D eigenvalue weighted by atomic mass is 16.5. The number of nitrogens with one attached hydrogen (secondary N) is 1. The Labute approximate surface area is 177 Å². The number of carbonyl (C=O) groups excluding carboxylic acids is 2. The third kappa shape index (κ3) is 6.40. The molecule has 2 aromatic rings. The summed E-state index contributed by atoms with van der Waals surface area (Å²) in [5.41, 5.74) is 1.05. The van der Waals surface area contributed by atoms with E-state index in [1.807, 2.05) is 20.8 Å². The van der Waals surface area contributed by atoms with Crippen molar-refractivity contribution in [2.45, 2.75) is 27.2 Å². The fourth-order valence-corrected chi connectivity index (χ4v) is 2.83. The minimum Gasteiger partial charge on any atom is -0.497 e. The lowest BCUT2D eigenvalue weighted by molar-refractivity contribution is -0.116. The molecule has 0 atom stereocenters. The maximum absolute atomic E-state index is 13.0. The molecule has 0 heterocycles. The molecule has 0 saturated heterocycles. The van der Waals surface area contributed by atoms with Gasteiger partial charge in [0.15, 0.2) is 11.5 Å². The number of likely N-dealkylation sites (N-methyl/N-ethyl adjacent to an activating group) is 1. The molecule has 162 valence electrons. The van der Waals surface area contributed by atoms with Crippen LogP contribution in [0.15, 0.2) is 42.5 Å². The van der Waals surface area contributed by atoms with Gasteiger partial charge >= 0.3 is 0 Å². The molecular formula is C23H30N2O5. The topological polar surface area (TPSA) is 77.1 Å². The van der Waals surface area contributed by atoms with E-state index >= 15 is 0 Å². The van der Waals surface area contributed by atoms with Gasteiger partial charge in [-0.05, 0) is 50.6 Å². The Morgan fingerprint density at radius 2 is 1.80 bits per heavy atom. The summed E-state index contributed by atoms with van der Waals surface area (Å²) < 4.78 is 16.5. The molecule has 0 spiro atoms. The van der Waals surface area contributed by atoms with Gasteiger partial charge in [0.05, 0.1) is 20.3 Å². The van der Waals surface area contributed by atoms with Crippen LogP contribution in [0.25, 0.3) is 0 Å². The standard InChI is InChI=1S/C23H30N2O5/c1-5-13-30-20-12-11-17(14-21(20)29-7-3)23(27)25(6-2)16-22(26)24-18-9-8-10-19(15-18)28-4/h8-12,14-15H,5-7,13,16H2,1-4H3,(H,24,26). The van der Waals surface area contributed by atoms with Crippen molar-refractivity contribution in [2.24, 2.45) is 0 Å². The number of methoxy groups -OCH3 is 1. The molecule has 0 bridgehead atoms. The maximum atomic E-state index is 13.0. The Balaban J connectivity index is 2.10. The lowest BCUT2D eigenvalue weighted by Gasteiger charge is -2.21. The van der Waals surface area contributed by atoms with E-state index in [0.29, 0.717) is 48.3 Å². The molecule has 2 rings (SSSR count).